The van der Waals surface area contributed by atoms with Crippen molar-refractivity contribution in [2.75, 3.05) is 6.54 Å². The maximum absolute atomic E-state index is 11.7. The smallest absolute Gasteiger partial charge is 0.250 e. The third-order valence-corrected chi connectivity index (χ3v) is 1.40. The molecule has 0 bridgehead atoms. The van der Waals surface area contributed by atoms with Crippen LogP contribution in [0.15, 0.2) is 0 Å². The van der Waals surface area contributed by atoms with Crippen LogP contribution in [-0.4, -0.2) is 18.9 Å². The van der Waals surface area contributed by atoms with Crippen molar-refractivity contribution in [2.45, 2.75) is 12.8 Å². The average Bonchev–Trinajstić information content (AvgIpc) is 2.13. The van der Waals surface area contributed by atoms with E-state index in [1.165, 1.54) is 0 Å². The Kier molecular flexibility index (Phi) is 1.64. The summed E-state index contributed by atoms with van der Waals surface area (Å²) in [5.41, 5.74) is 0. The van der Waals surface area contributed by atoms with E-state index >= 15 is 0 Å². The zero-order valence-electron chi connectivity index (χ0n) is 4.73. The van der Waals surface area contributed by atoms with E-state index in [4.69, 9.17) is 0 Å². The highest BCUT2D eigenvalue weighted by Crippen LogP contribution is 2.17. The van der Waals surface area contributed by atoms with Gasteiger partial charge in [0.15, 0.2) is 0 Å². The molecule has 52 valence electrons. The standard InChI is InChI=1S/C5H7F2NO/c6-4(7)3-1-2-8-5(3)9/h3-4H,1-2H2,(H,8,9). The fourth-order valence-corrected chi connectivity index (χ4v) is 0.853. The molecule has 0 aromatic carbocycles. The summed E-state index contributed by atoms with van der Waals surface area (Å²) in [7, 11) is 0. The highest BCUT2D eigenvalue weighted by Gasteiger charge is 2.31. The molecular weight excluding hydrogens is 128 g/mol. The van der Waals surface area contributed by atoms with Gasteiger partial charge in [-0.3, -0.25) is 4.79 Å². The topological polar surface area (TPSA) is 29.1 Å². The van der Waals surface area contributed by atoms with Crippen LogP contribution in [0.5, 0.6) is 0 Å². The minimum atomic E-state index is -2.49. The Morgan fingerprint density at radius 1 is 1.67 bits per heavy atom. The van der Waals surface area contributed by atoms with E-state index in [2.05, 4.69) is 5.32 Å². The molecule has 0 aromatic rings. The second-order valence-electron chi connectivity index (χ2n) is 2.02. The molecule has 1 heterocycles. The number of amides is 1. The molecule has 9 heavy (non-hydrogen) atoms. The summed E-state index contributed by atoms with van der Waals surface area (Å²) in [6, 6.07) is 0. The molecule has 1 aliphatic heterocycles. The lowest BCUT2D eigenvalue weighted by Crippen LogP contribution is -2.23. The van der Waals surface area contributed by atoms with Gasteiger partial charge in [0.05, 0.1) is 0 Å². The van der Waals surface area contributed by atoms with Crippen molar-refractivity contribution in [1.82, 2.24) is 5.32 Å². The molecule has 1 N–H and O–H groups in total. The predicted molar refractivity (Wildman–Crippen MR) is 27.1 cm³/mol. The van der Waals surface area contributed by atoms with Crippen LogP contribution in [0.3, 0.4) is 0 Å². The lowest BCUT2D eigenvalue weighted by molar-refractivity contribution is -0.126. The third kappa shape index (κ3) is 1.17. The van der Waals surface area contributed by atoms with Crippen molar-refractivity contribution >= 4 is 5.91 Å². The molecule has 0 saturated carbocycles. The van der Waals surface area contributed by atoms with E-state index in [9.17, 15) is 13.6 Å². The van der Waals surface area contributed by atoms with Gasteiger partial charge in [-0.25, -0.2) is 8.78 Å². The summed E-state index contributed by atoms with van der Waals surface area (Å²) < 4.78 is 23.5. The minimum absolute atomic E-state index is 0.274. The number of alkyl halides is 2. The number of hydrogen-bond donors (Lipinski definition) is 1. The molecule has 0 spiro atoms. The number of carbonyl (C=O) groups is 1. The molecule has 1 atom stereocenters. The van der Waals surface area contributed by atoms with Gasteiger partial charge < -0.3 is 5.32 Å². The Hall–Kier alpha value is -0.670. The van der Waals surface area contributed by atoms with Gasteiger partial charge in [-0.2, -0.15) is 0 Å². The molecule has 0 aliphatic carbocycles. The van der Waals surface area contributed by atoms with Crippen molar-refractivity contribution < 1.29 is 13.6 Å². The summed E-state index contributed by atoms with van der Waals surface area (Å²) in [5, 5.41) is 2.33. The van der Waals surface area contributed by atoms with Crippen LogP contribution in [0.1, 0.15) is 6.42 Å². The molecule has 0 radical (unpaired) electrons. The molecule has 1 amide bonds. The summed E-state index contributed by atoms with van der Waals surface area (Å²) >= 11 is 0. The van der Waals surface area contributed by atoms with Crippen molar-refractivity contribution in [3.05, 3.63) is 0 Å². The van der Waals surface area contributed by atoms with Gasteiger partial charge in [0.25, 0.3) is 0 Å². The Balaban J connectivity index is 2.49. The summed E-state index contributed by atoms with van der Waals surface area (Å²) in [6.45, 7) is 0.397. The minimum Gasteiger partial charge on any atom is -0.356 e. The quantitative estimate of drug-likeness (QED) is 0.553. The first-order chi connectivity index (χ1) is 4.22. The summed E-state index contributed by atoms with van der Waals surface area (Å²) in [6.07, 6.45) is -2.22. The highest BCUT2D eigenvalue weighted by atomic mass is 19.3. The average molecular weight is 135 g/mol. The first-order valence-electron chi connectivity index (χ1n) is 2.77. The summed E-state index contributed by atoms with van der Waals surface area (Å²) in [4.78, 5) is 10.4. The largest absolute Gasteiger partial charge is 0.356 e. The van der Waals surface area contributed by atoms with Crippen LogP contribution in [-0.2, 0) is 4.79 Å². The van der Waals surface area contributed by atoms with E-state index in [0.29, 0.717) is 6.54 Å². The molecule has 1 saturated heterocycles. The molecule has 1 aliphatic rings. The lowest BCUT2D eigenvalue weighted by Gasteiger charge is -2.01. The van der Waals surface area contributed by atoms with Crippen LogP contribution in [0.25, 0.3) is 0 Å². The second-order valence-corrected chi connectivity index (χ2v) is 2.02. The van der Waals surface area contributed by atoms with Crippen LogP contribution >= 0.6 is 0 Å². The normalized spacial score (nSPS) is 27.0. The molecule has 1 unspecified atom stereocenters. The van der Waals surface area contributed by atoms with Gasteiger partial charge in [0, 0.05) is 6.54 Å². The van der Waals surface area contributed by atoms with Gasteiger partial charge in [-0.1, -0.05) is 0 Å². The van der Waals surface area contributed by atoms with Crippen molar-refractivity contribution in [3.8, 4) is 0 Å². The van der Waals surface area contributed by atoms with Gasteiger partial charge in [0.2, 0.25) is 12.3 Å². The first kappa shape index (κ1) is 6.45. The predicted octanol–water partition coefficient (Wildman–Crippen LogP) is 0.388. The zero-order chi connectivity index (χ0) is 6.85. The fraction of sp³-hybridized carbons (Fsp3) is 0.800. The number of halogens is 2. The number of hydrogen-bond acceptors (Lipinski definition) is 1. The van der Waals surface area contributed by atoms with Crippen molar-refractivity contribution in [2.24, 2.45) is 5.92 Å². The number of rotatable bonds is 1. The van der Waals surface area contributed by atoms with Gasteiger partial charge in [-0.15, -0.1) is 0 Å². The first-order valence-corrected chi connectivity index (χ1v) is 2.77. The Morgan fingerprint density at radius 3 is 2.56 bits per heavy atom. The Morgan fingerprint density at radius 2 is 2.33 bits per heavy atom. The van der Waals surface area contributed by atoms with E-state index in [1.54, 1.807) is 0 Å². The molecule has 0 aromatic heterocycles. The number of carbonyl (C=O) groups excluding carboxylic acids is 1. The molecule has 2 nitrogen and oxygen atoms in total. The van der Waals surface area contributed by atoms with E-state index < -0.39 is 18.3 Å². The van der Waals surface area contributed by atoms with Crippen LogP contribution in [0.2, 0.25) is 0 Å². The van der Waals surface area contributed by atoms with Gasteiger partial charge >= 0.3 is 0 Å². The maximum Gasteiger partial charge on any atom is 0.250 e. The Labute approximate surface area is 51.2 Å². The van der Waals surface area contributed by atoms with E-state index in [1.807, 2.05) is 0 Å². The zero-order valence-corrected chi connectivity index (χ0v) is 4.73. The fourth-order valence-electron chi connectivity index (χ4n) is 0.853. The van der Waals surface area contributed by atoms with Crippen LogP contribution in [0, 0.1) is 5.92 Å². The van der Waals surface area contributed by atoms with Crippen molar-refractivity contribution in [1.29, 1.82) is 0 Å². The highest BCUT2D eigenvalue weighted by molar-refractivity contribution is 5.80. The molecule has 1 fully saturated rings. The van der Waals surface area contributed by atoms with Gasteiger partial charge in [-0.05, 0) is 6.42 Å². The SMILES string of the molecule is O=C1NCCC1C(F)F. The van der Waals surface area contributed by atoms with Crippen LogP contribution < -0.4 is 5.32 Å². The lowest BCUT2D eigenvalue weighted by atomic mass is 10.1. The number of nitrogens with one attached hydrogen (secondary N) is 1. The summed E-state index contributed by atoms with van der Waals surface area (Å²) in [5.74, 6) is -1.56. The molecule has 4 heteroatoms. The van der Waals surface area contributed by atoms with Gasteiger partial charge in [0.1, 0.15) is 5.92 Å². The van der Waals surface area contributed by atoms with Crippen LogP contribution in [0.4, 0.5) is 8.78 Å². The second kappa shape index (κ2) is 2.29. The maximum atomic E-state index is 11.7. The van der Waals surface area contributed by atoms with E-state index in [-0.39, 0.29) is 6.42 Å². The van der Waals surface area contributed by atoms with Crippen molar-refractivity contribution in [3.63, 3.8) is 0 Å². The monoisotopic (exact) mass is 135 g/mol. The van der Waals surface area contributed by atoms with E-state index in [0.717, 1.165) is 0 Å². The Bertz CT molecular complexity index is 126. The third-order valence-electron chi connectivity index (χ3n) is 1.40. The molecule has 1 rings (SSSR count). The molecular formula is C5H7F2NO.